The quantitative estimate of drug-likeness (QED) is 0.874. The van der Waals surface area contributed by atoms with Gasteiger partial charge in [-0.15, -0.1) is 0 Å². The summed E-state index contributed by atoms with van der Waals surface area (Å²) in [7, 11) is 0. The summed E-state index contributed by atoms with van der Waals surface area (Å²) in [6.07, 6.45) is 6.00. The fourth-order valence-corrected chi connectivity index (χ4v) is 3.23. The Kier molecular flexibility index (Phi) is 5.04. The van der Waals surface area contributed by atoms with Crippen molar-refractivity contribution < 1.29 is 4.79 Å². The number of amides is 1. The molecule has 1 aromatic rings. The molecule has 5 heteroatoms. The van der Waals surface area contributed by atoms with Crippen LogP contribution < -0.4 is 5.73 Å². The van der Waals surface area contributed by atoms with Crippen molar-refractivity contribution in [3.05, 3.63) is 17.5 Å². The van der Waals surface area contributed by atoms with E-state index >= 15 is 0 Å². The number of nitrogens with zero attached hydrogens (tertiary/aromatic N) is 3. The molecule has 0 radical (unpaired) electrons. The van der Waals surface area contributed by atoms with E-state index in [1.54, 1.807) is 6.20 Å². The summed E-state index contributed by atoms with van der Waals surface area (Å²) in [6, 6.07) is 0. The molecule has 1 aliphatic heterocycles. The second-order valence-electron chi connectivity index (χ2n) is 6.19. The number of aryl methyl sites for hydroxylation is 1. The third-order valence-electron chi connectivity index (χ3n) is 5.13. The van der Waals surface area contributed by atoms with Crippen molar-refractivity contribution in [3.63, 3.8) is 0 Å². The summed E-state index contributed by atoms with van der Waals surface area (Å²) >= 11 is 0. The molecule has 1 aliphatic rings. The second kappa shape index (κ2) is 6.60. The van der Waals surface area contributed by atoms with Gasteiger partial charge in [-0.25, -0.2) is 0 Å². The van der Waals surface area contributed by atoms with E-state index in [2.05, 4.69) is 18.9 Å². The number of hydrogen-bond acceptors (Lipinski definition) is 3. The average Bonchev–Trinajstić information content (AvgIpc) is 3.09. The minimum atomic E-state index is 0.135. The van der Waals surface area contributed by atoms with Crippen LogP contribution in [0.1, 0.15) is 55.6 Å². The number of nitrogens with two attached hydrogens (primary N) is 1. The van der Waals surface area contributed by atoms with Crippen molar-refractivity contribution in [1.82, 2.24) is 14.7 Å². The zero-order chi connectivity index (χ0) is 15.5. The molecule has 118 valence electrons. The third kappa shape index (κ3) is 3.12. The molecule has 2 N–H and O–H groups in total. The minimum absolute atomic E-state index is 0.135. The standard InChI is InChI=1S/C16H28N4O/c1-4-16(5-2)7-10-19(12-16)15(21)14-11-18-20(13(14)3)9-6-8-17/h11H,4-10,12,17H2,1-3H3. The Hall–Kier alpha value is -1.36. The maximum Gasteiger partial charge on any atom is 0.257 e. The fraction of sp³-hybridized carbons (Fsp3) is 0.750. The van der Waals surface area contributed by atoms with Crippen LogP contribution in [-0.4, -0.2) is 40.2 Å². The molecule has 0 saturated carbocycles. The van der Waals surface area contributed by atoms with E-state index in [9.17, 15) is 4.79 Å². The molecular weight excluding hydrogens is 264 g/mol. The van der Waals surface area contributed by atoms with E-state index in [1.165, 1.54) is 0 Å². The molecular formula is C16H28N4O. The van der Waals surface area contributed by atoms with Crippen LogP contribution in [0, 0.1) is 12.3 Å². The number of carbonyl (C=O) groups excluding carboxylic acids is 1. The van der Waals surface area contributed by atoms with E-state index in [0.29, 0.717) is 12.0 Å². The molecule has 0 aliphatic carbocycles. The Morgan fingerprint density at radius 2 is 2.14 bits per heavy atom. The summed E-state index contributed by atoms with van der Waals surface area (Å²) in [4.78, 5) is 14.7. The van der Waals surface area contributed by atoms with E-state index in [-0.39, 0.29) is 5.91 Å². The molecule has 1 aromatic heterocycles. The molecule has 1 fully saturated rings. The van der Waals surface area contributed by atoms with E-state index in [1.807, 2.05) is 16.5 Å². The van der Waals surface area contributed by atoms with Crippen LogP contribution in [0.15, 0.2) is 6.20 Å². The monoisotopic (exact) mass is 292 g/mol. The second-order valence-corrected chi connectivity index (χ2v) is 6.19. The Balaban J connectivity index is 2.09. The van der Waals surface area contributed by atoms with Crippen LogP contribution in [0.3, 0.4) is 0 Å². The first kappa shape index (κ1) is 16.0. The first-order chi connectivity index (χ1) is 10.1. The highest BCUT2D eigenvalue weighted by molar-refractivity contribution is 5.95. The summed E-state index contributed by atoms with van der Waals surface area (Å²) in [6.45, 7) is 9.61. The summed E-state index contributed by atoms with van der Waals surface area (Å²) < 4.78 is 1.89. The number of carbonyl (C=O) groups is 1. The van der Waals surface area contributed by atoms with E-state index < -0.39 is 0 Å². The number of hydrogen-bond donors (Lipinski definition) is 1. The maximum absolute atomic E-state index is 12.7. The van der Waals surface area contributed by atoms with Gasteiger partial charge in [0.05, 0.1) is 11.8 Å². The number of likely N-dealkylation sites (tertiary alicyclic amines) is 1. The van der Waals surface area contributed by atoms with Crippen LogP contribution in [-0.2, 0) is 6.54 Å². The highest BCUT2D eigenvalue weighted by atomic mass is 16.2. The fourth-order valence-electron chi connectivity index (χ4n) is 3.23. The smallest absolute Gasteiger partial charge is 0.257 e. The van der Waals surface area contributed by atoms with Gasteiger partial charge in [0.2, 0.25) is 0 Å². The SMILES string of the molecule is CCC1(CC)CCN(C(=O)c2cnn(CCCN)c2C)C1. The van der Waals surface area contributed by atoms with Gasteiger partial charge in [0.1, 0.15) is 0 Å². The van der Waals surface area contributed by atoms with Crippen LogP contribution in [0.4, 0.5) is 0 Å². The van der Waals surface area contributed by atoms with Crippen LogP contribution in [0.5, 0.6) is 0 Å². The van der Waals surface area contributed by atoms with Gasteiger partial charge >= 0.3 is 0 Å². The first-order valence-electron chi connectivity index (χ1n) is 8.08. The summed E-state index contributed by atoms with van der Waals surface area (Å²) in [5.41, 5.74) is 7.56. The van der Waals surface area contributed by atoms with Gasteiger partial charge in [0.15, 0.2) is 0 Å². The lowest BCUT2D eigenvalue weighted by atomic mass is 9.82. The Bertz CT molecular complexity index is 490. The predicted molar refractivity (Wildman–Crippen MR) is 84.2 cm³/mol. The summed E-state index contributed by atoms with van der Waals surface area (Å²) in [5.74, 6) is 0.135. The molecule has 0 aromatic carbocycles. The largest absolute Gasteiger partial charge is 0.338 e. The Morgan fingerprint density at radius 3 is 2.71 bits per heavy atom. The van der Waals surface area contributed by atoms with Gasteiger partial charge in [-0.05, 0) is 44.6 Å². The third-order valence-corrected chi connectivity index (χ3v) is 5.13. The van der Waals surface area contributed by atoms with Crippen molar-refractivity contribution in [3.8, 4) is 0 Å². The van der Waals surface area contributed by atoms with Crippen LogP contribution in [0.2, 0.25) is 0 Å². The highest BCUT2D eigenvalue weighted by Gasteiger charge is 2.37. The van der Waals surface area contributed by atoms with Crippen molar-refractivity contribution in [2.45, 2.75) is 53.0 Å². The molecule has 2 rings (SSSR count). The van der Waals surface area contributed by atoms with Gasteiger partial charge in [-0.2, -0.15) is 5.10 Å². The number of rotatable bonds is 6. The molecule has 5 nitrogen and oxygen atoms in total. The summed E-state index contributed by atoms with van der Waals surface area (Å²) in [5, 5.41) is 4.34. The van der Waals surface area contributed by atoms with Crippen LogP contribution in [0.25, 0.3) is 0 Å². The van der Waals surface area contributed by atoms with Crippen molar-refractivity contribution in [1.29, 1.82) is 0 Å². The van der Waals surface area contributed by atoms with Gasteiger partial charge in [-0.1, -0.05) is 13.8 Å². The maximum atomic E-state index is 12.7. The molecule has 2 heterocycles. The molecule has 21 heavy (non-hydrogen) atoms. The minimum Gasteiger partial charge on any atom is -0.338 e. The van der Waals surface area contributed by atoms with Gasteiger partial charge < -0.3 is 10.6 Å². The lowest BCUT2D eigenvalue weighted by Crippen LogP contribution is -2.32. The van der Waals surface area contributed by atoms with E-state index in [0.717, 1.165) is 56.6 Å². The number of aromatic nitrogens is 2. The van der Waals surface area contributed by atoms with Gasteiger partial charge in [0, 0.05) is 25.3 Å². The Labute approximate surface area is 127 Å². The van der Waals surface area contributed by atoms with Crippen molar-refractivity contribution in [2.24, 2.45) is 11.1 Å². The molecule has 0 atom stereocenters. The average molecular weight is 292 g/mol. The predicted octanol–water partition coefficient (Wildman–Crippen LogP) is 2.19. The molecule has 1 amide bonds. The lowest BCUT2D eigenvalue weighted by Gasteiger charge is -2.26. The van der Waals surface area contributed by atoms with Crippen molar-refractivity contribution >= 4 is 5.91 Å². The van der Waals surface area contributed by atoms with Crippen molar-refractivity contribution in [2.75, 3.05) is 19.6 Å². The zero-order valence-electron chi connectivity index (χ0n) is 13.6. The van der Waals surface area contributed by atoms with E-state index in [4.69, 9.17) is 5.73 Å². The molecule has 0 bridgehead atoms. The highest BCUT2D eigenvalue weighted by Crippen LogP contribution is 2.37. The topological polar surface area (TPSA) is 64.2 Å². The zero-order valence-corrected chi connectivity index (χ0v) is 13.6. The molecule has 1 saturated heterocycles. The first-order valence-corrected chi connectivity index (χ1v) is 8.08. The van der Waals surface area contributed by atoms with Gasteiger partial charge in [-0.3, -0.25) is 9.48 Å². The lowest BCUT2D eigenvalue weighted by molar-refractivity contribution is 0.0769. The Morgan fingerprint density at radius 1 is 1.43 bits per heavy atom. The molecule has 0 unspecified atom stereocenters. The normalized spacial score (nSPS) is 17.4. The van der Waals surface area contributed by atoms with Gasteiger partial charge in [0.25, 0.3) is 5.91 Å². The van der Waals surface area contributed by atoms with Crippen LogP contribution >= 0.6 is 0 Å². The molecule has 0 spiro atoms.